The highest BCUT2D eigenvalue weighted by atomic mass is 16.2. The van der Waals surface area contributed by atoms with Crippen LogP contribution in [-0.2, 0) is 4.79 Å². The van der Waals surface area contributed by atoms with Gasteiger partial charge in [0.2, 0.25) is 11.9 Å². The summed E-state index contributed by atoms with van der Waals surface area (Å²) in [6.45, 7) is 0. The van der Waals surface area contributed by atoms with Crippen LogP contribution in [0.25, 0.3) is 5.52 Å². The zero-order chi connectivity index (χ0) is 12.4. The minimum atomic E-state index is 0.117. The van der Waals surface area contributed by atoms with Gasteiger partial charge in [-0.15, -0.1) is 0 Å². The fraction of sp³-hybridized carbons (Fsp3) is 0.429. The van der Waals surface area contributed by atoms with Gasteiger partial charge in [-0.25, -0.2) is 4.98 Å². The molecule has 1 N–H and O–H groups in total. The number of carbonyl (C=O) groups excluding carboxylic acids is 1. The van der Waals surface area contributed by atoms with Gasteiger partial charge in [0, 0.05) is 12.1 Å². The molecule has 1 saturated carbocycles. The molecule has 18 heavy (non-hydrogen) atoms. The Hall–Kier alpha value is -1.84. The van der Waals surface area contributed by atoms with Crippen LogP contribution in [0.5, 0.6) is 0 Å². The van der Waals surface area contributed by atoms with E-state index in [9.17, 15) is 4.79 Å². The lowest BCUT2D eigenvalue weighted by atomic mass is 9.89. The third-order valence-electron chi connectivity index (χ3n) is 3.65. The number of pyridine rings is 1. The monoisotopic (exact) mass is 243 g/mol. The van der Waals surface area contributed by atoms with Crippen molar-refractivity contribution in [3.8, 4) is 0 Å². The SMILES string of the molecule is O=C(Nc1ncc2ccccn12)C1CCCCC1. The minimum absolute atomic E-state index is 0.117. The Morgan fingerprint density at radius 2 is 2.11 bits per heavy atom. The number of anilines is 1. The number of amides is 1. The van der Waals surface area contributed by atoms with Crippen LogP contribution < -0.4 is 5.32 Å². The van der Waals surface area contributed by atoms with E-state index < -0.39 is 0 Å². The third-order valence-corrected chi connectivity index (χ3v) is 3.65. The summed E-state index contributed by atoms with van der Waals surface area (Å²) in [4.78, 5) is 16.4. The summed E-state index contributed by atoms with van der Waals surface area (Å²) in [7, 11) is 0. The van der Waals surface area contributed by atoms with E-state index in [4.69, 9.17) is 0 Å². The van der Waals surface area contributed by atoms with Crippen LogP contribution in [0.2, 0.25) is 0 Å². The summed E-state index contributed by atoms with van der Waals surface area (Å²) < 4.78 is 1.90. The van der Waals surface area contributed by atoms with Gasteiger partial charge < -0.3 is 0 Å². The van der Waals surface area contributed by atoms with Gasteiger partial charge in [-0.05, 0) is 25.0 Å². The Labute approximate surface area is 106 Å². The molecule has 3 rings (SSSR count). The van der Waals surface area contributed by atoms with E-state index in [-0.39, 0.29) is 11.8 Å². The van der Waals surface area contributed by atoms with E-state index in [1.54, 1.807) is 6.20 Å². The summed E-state index contributed by atoms with van der Waals surface area (Å²) >= 11 is 0. The third kappa shape index (κ3) is 2.10. The Balaban J connectivity index is 1.77. The Kier molecular flexibility index (Phi) is 3.00. The van der Waals surface area contributed by atoms with Crippen LogP contribution >= 0.6 is 0 Å². The van der Waals surface area contributed by atoms with Crippen molar-refractivity contribution in [1.82, 2.24) is 9.38 Å². The van der Waals surface area contributed by atoms with Crippen molar-refractivity contribution < 1.29 is 4.79 Å². The zero-order valence-electron chi connectivity index (χ0n) is 10.3. The number of aromatic nitrogens is 2. The van der Waals surface area contributed by atoms with Crippen molar-refractivity contribution in [3.63, 3.8) is 0 Å². The molecule has 1 aliphatic rings. The van der Waals surface area contributed by atoms with Crippen LogP contribution in [-0.4, -0.2) is 15.3 Å². The number of nitrogens with one attached hydrogen (secondary N) is 1. The normalized spacial score (nSPS) is 16.9. The van der Waals surface area contributed by atoms with Crippen molar-refractivity contribution in [2.24, 2.45) is 5.92 Å². The molecule has 2 aromatic rings. The molecule has 1 fully saturated rings. The maximum absolute atomic E-state index is 12.1. The molecule has 2 heterocycles. The van der Waals surface area contributed by atoms with Gasteiger partial charge in [-0.1, -0.05) is 25.3 Å². The van der Waals surface area contributed by atoms with Crippen LogP contribution in [0.4, 0.5) is 5.95 Å². The molecule has 0 bridgehead atoms. The van der Waals surface area contributed by atoms with E-state index in [0.29, 0.717) is 5.95 Å². The van der Waals surface area contributed by atoms with Crippen molar-refractivity contribution in [2.75, 3.05) is 5.32 Å². The largest absolute Gasteiger partial charge is 0.295 e. The molecule has 4 nitrogen and oxygen atoms in total. The zero-order valence-corrected chi connectivity index (χ0v) is 10.3. The lowest BCUT2D eigenvalue weighted by Crippen LogP contribution is -2.25. The van der Waals surface area contributed by atoms with Crippen molar-refractivity contribution in [2.45, 2.75) is 32.1 Å². The summed E-state index contributed by atoms with van der Waals surface area (Å²) in [5.41, 5.74) is 0.997. The maximum Gasteiger partial charge on any atom is 0.229 e. The first-order valence-electron chi connectivity index (χ1n) is 6.57. The van der Waals surface area contributed by atoms with Crippen molar-refractivity contribution in [3.05, 3.63) is 30.6 Å². The average molecular weight is 243 g/mol. The van der Waals surface area contributed by atoms with Crippen LogP contribution in [0, 0.1) is 5.92 Å². The van der Waals surface area contributed by atoms with Gasteiger partial charge in [0.1, 0.15) is 0 Å². The van der Waals surface area contributed by atoms with E-state index in [0.717, 1.165) is 18.4 Å². The number of carbonyl (C=O) groups is 1. The molecule has 0 saturated heterocycles. The molecular formula is C14H17N3O. The summed E-state index contributed by atoms with van der Waals surface area (Å²) in [5.74, 6) is 0.905. The lowest BCUT2D eigenvalue weighted by Gasteiger charge is -2.20. The smallest absolute Gasteiger partial charge is 0.229 e. The van der Waals surface area contributed by atoms with Crippen LogP contribution in [0.15, 0.2) is 30.6 Å². The highest BCUT2D eigenvalue weighted by molar-refractivity contribution is 5.91. The first-order valence-corrected chi connectivity index (χ1v) is 6.57. The first kappa shape index (κ1) is 11.3. The predicted octanol–water partition coefficient (Wildman–Crippen LogP) is 2.85. The maximum atomic E-state index is 12.1. The van der Waals surface area contributed by atoms with Crippen molar-refractivity contribution >= 4 is 17.4 Å². The predicted molar refractivity (Wildman–Crippen MR) is 70.4 cm³/mol. The molecule has 2 aromatic heterocycles. The number of hydrogen-bond acceptors (Lipinski definition) is 2. The molecule has 94 valence electrons. The highest BCUT2D eigenvalue weighted by Crippen LogP contribution is 2.24. The summed E-state index contributed by atoms with van der Waals surface area (Å²) in [6, 6.07) is 5.87. The molecule has 4 heteroatoms. The number of rotatable bonds is 2. The standard InChI is InChI=1S/C14H17N3O/c18-13(11-6-2-1-3-7-11)16-14-15-10-12-8-4-5-9-17(12)14/h4-5,8-11H,1-3,6-7H2,(H,15,16,18). The second kappa shape index (κ2) is 4.80. The number of hydrogen-bond donors (Lipinski definition) is 1. The number of fused-ring (bicyclic) bond motifs is 1. The minimum Gasteiger partial charge on any atom is -0.295 e. The summed E-state index contributed by atoms with van der Waals surface area (Å²) in [5, 5.41) is 2.95. The average Bonchev–Trinajstić information content (AvgIpc) is 2.83. The Morgan fingerprint density at radius 1 is 1.28 bits per heavy atom. The number of imidazole rings is 1. The van der Waals surface area contributed by atoms with Gasteiger partial charge in [-0.2, -0.15) is 0 Å². The van der Waals surface area contributed by atoms with Crippen molar-refractivity contribution in [1.29, 1.82) is 0 Å². The molecular weight excluding hydrogens is 226 g/mol. The van der Waals surface area contributed by atoms with Crippen LogP contribution in [0.3, 0.4) is 0 Å². The molecule has 0 spiro atoms. The quantitative estimate of drug-likeness (QED) is 0.881. The second-order valence-electron chi connectivity index (χ2n) is 4.90. The summed E-state index contributed by atoms with van der Waals surface area (Å²) in [6.07, 6.45) is 9.30. The fourth-order valence-electron chi connectivity index (χ4n) is 2.61. The molecule has 0 radical (unpaired) electrons. The topological polar surface area (TPSA) is 46.4 Å². The first-order chi connectivity index (χ1) is 8.84. The highest BCUT2D eigenvalue weighted by Gasteiger charge is 2.22. The number of nitrogens with zero attached hydrogens (tertiary/aromatic N) is 2. The van der Waals surface area contributed by atoms with E-state index in [1.807, 2.05) is 28.8 Å². The molecule has 0 atom stereocenters. The van der Waals surface area contributed by atoms with E-state index in [1.165, 1.54) is 19.3 Å². The van der Waals surface area contributed by atoms with Gasteiger partial charge in [0.25, 0.3) is 0 Å². The van der Waals surface area contributed by atoms with E-state index >= 15 is 0 Å². The fourth-order valence-corrected chi connectivity index (χ4v) is 2.61. The molecule has 0 aromatic carbocycles. The molecule has 0 unspecified atom stereocenters. The molecule has 1 aliphatic carbocycles. The van der Waals surface area contributed by atoms with Gasteiger partial charge in [-0.3, -0.25) is 14.5 Å². The molecule has 1 amide bonds. The lowest BCUT2D eigenvalue weighted by molar-refractivity contribution is -0.120. The Morgan fingerprint density at radius 3 is 2.94 bits per heavy atom. The second-order valence-corrected chi connectivity index (χ2v) is 4.90. The molecule has 0 aliphatic heterocycles. The van der Waals surface area contributed by atoms with Gasteiger partial charge in [0.15, 0.2) is 0 Å². The van der Waals surface area contributed by atoms with E-state index in [2.05, 4.69) is 10.3 Å². The van der Waals surface area contributed by atoms with Gasteiger partial charge in [0.05, 0.1) is 11.7 Å². The van der Waals surface area contributed by atoms with Gasteiger partial charge >= 0.3 is 0 Å². The Bertz CT molecular complexity index is 555. The van der Waals surface area contributed by atoms with Crippen LogP contribution in [0.1, 0.15) is 32.1 Å².